The van der Waals surface area contributed by atoms with Crippen molar-refractivity contribution < 1.29 is 18.5 Å². The predicted molar refractivity (Wildman–Crippen MR) is 95.2 cm³/mol. The molecule has 0 atom stereocenters. The fourth-order valence-corrected chi connectivity index (χ4v) is 2.64. The quantitative estimate of drug-likeness (QED) is 0.598. The van der Waals surface area contributed by atoms with Crippen molar-refractivity contribution >= 4 is 22.7 Å². The molecule has 4 aromatic rings. The van der Waals surface area contributed by atoms with Gasteiger partial charge >= 0.3 is 0 Å². The lowest BCUT2D eigenvalue weighted by Gasteiger charge is -2.02. The van der Waals surface area contributed by atoms with Crippen LogP contribution in [0.15, 0.2) is 57.5 Å². The van der Waals surface area contributed by atoms with Crippen LogP contribution in [0.1, 0.15) is 16.4 Å². The fraction of sp³-hybridized carbons (Fsp3) is 0.105. The van der Waals surface area contributed by atoms with Crippen LogP contribution >= 0.6 is 0 Å². The molecule has 1 amide bonds. The summed E-state index contributed by atoms with van der Waals surface area (Å²) in [5.41, 5.74) is 2.66. The molecule has 0 fully saturated rings. The number of nitrogens with one attached hydrogen (secondary N) is 1. The molecule has 0 saturated heterocycles. The Balaban J connectivity index is 1.60. The Hall–Kier alpha value is -3.61. The van der Waals surface area contributed by atoms with Crippen LogP contribution in [0.4, 0.5) is 5.69 Å². The SMILES string of the molecule is COc1cccc(-c2cc(C(=O)Nc3cccc4nc(C)oc34)no2)c1. The third kappa shape index (κ3) is 2.90. The molecule has 0 bridgehead atoms. The Morgan fingerprint density at radius 2 is 2.00 bits per heavy atom. The summed E-state index contributed by atoms with van der Waals surface area (Å²) in [5.74, 6) is 1.30. The number of aromatic nitrogens is 2. The number of fused-ring (bicyclic) bond motifs is 1. The number of methoxy groups -OCH3 is 1. The second-order valence-corrected chi connectivity index (χ2v) is 5.65. The first-order chi connectivity index (χ1) is 12.6. The molecule has 2 aromatic heterocycles. The Bertz CT molecular complexity index is 1100. The highest BCUT2D eigenvalue weighted by molar-refractivity contribution is 6.06. The third-order valence-corrected chi connectivity index (χ3v) is 3.87. The highest BCUT2D eigenvalue weighted by atomic mass is 16.5. The van der Waals surface area contributed by atoms with Gasteiger partial charge in [-0.2, -0.15) is 0 Å². The number of carbonyl (C=O) groups is 1. The lowest BCUT2D eigenvalue weighted by molar-refractivity contribution is 0.101. The Kier molecular flexibility index (Phi) is 3.89. The van der Waals surface area contributed by atoms with E-state index in [2.05, 4.69) is 15.5 Å². The summed E-state index contributed by atoms with van der Waals surface area (Å²) >= 11 is 0. The summed E-state index contributed by atoms with van der Waals surface area (Å²) in [4.78, 5) is 16.8. The van der Waals surface area contributed by atoms with Crippen LogP contribution in [0.5, 0.6) is 5.75 Å². The molecule has 4 rings (SSSR count). The van der Waals surface area contributed by atoms with Gasteiger partial charge in [0.05, 0.1) is 12.8 Å². The molecule has 2 aromatic carbocycles. The van der Waals surface area contributed by atoms with Crippen LogP contribution in [0, 0.1) is 6.92 Å². The van der Waals surface area contributed by atoms with E-state index in [0.717, 1.165) is 5.56 Å². The molecule has 130 valence electrons. The maximum absolute atomic E-state index is 12.5. The Morgan fingerprint density at radius 1 is 1.15 bits per heavy atom. The number of hydrogen-bond donors (Lipinski definition) is 1. The maximum Gasteiger partial charge on any atom is 0.277 e. The largest absolute Gasteiger partial charge is 0.497 e. The van der Waals surface area contributed by atoms with Gasteiger partial charge in [-0.3, -0.25) is 4.79 Å². The monoisotopic (exact) mass is 349 g/mol. The number of rotatable bonds is 4. The van der Waals surface area contributed by atoms with Crippen LogP contribution in [-0.4, -0.2) is 23.2 Å². The zero-order valence-corrected chi connectivity index (χ0v) is 14.1. The van der Waals surface area contributed by atoms with E-state index >= 15 is 0 Å². The molecular weight excluding hydrogens is 334 g/mol. The number of ether oxygens (including phenoxy) is 1. The van der Waals surface area contributed by atoms with Crippen molar-refractivity contribution in [2.24, 2.45) is 0 Å². The van der Waals surface area contributed by atoms with Gasteiger partial charge in [0, 0.05) is 18.6 Å². The second-order valence-electron chi connectivity index (χ2n) is 5.65. The van der Waals surface area contributed by atoms with E-state index in [-0.39, 0.29) is 5.69 Å². The number of para-hydroxylation sites is 1. The molecule has 2 heterocycles. The highest BCUT2D eigenvalue weighted by Gasteiger charge is 2.16. The van der Waals surface area contributed by atoms with Crippen molar-refractivity contribution in [2.75, 3.05) is 12.4 Å². The summed E-state index contributed by atoms with van der Waals surface area (Å²) in [6.07, 6.45) is 0. The molecule has 0 aliphatic carbocycles. The molecular formula is C19H15N3O4. The molecule has 0 spiro atoms. The van der Waals surface area contributed by atoms with Gasteiger partial charge in [0.15, 0.2) is 22.9 Å². The standard InChI is InChI=1S/C19H15N3O4/c1-11-20-14-7-4-8-15(18(14)25-11)21-19(23)16-10-17(26-22-16)12-5-3-6-13(9-12)24-2/h3-10H,1-2H3,(H,21,23). The highest BCUT2D eigenvalue weighted by Crippen LogP contribution is 2.26. The number of amides is 1. The van der Waals surface area contributed by atoms with Gasteiger partial charge in [-0.1, -0.05) is 23.4 Å². The second kappa shape index (κ2) is 6.36. The Labute approximate surface area is 148 Å². The molecule has 0 saturated carbocycles. The fourth-order valence-electron chi connectivity index (χ4n) is 2.64. The number of anilines is 1. The zero-order valence-electron chi connectivity index (χ0n) is 14.1. The first-order valence-corrected chi connectivity index (χ1v) is 7.92. The van der Waals surface area contributed by atoms with Gasteiger partial charge in [0.2, 0.25) is 0 Å². The summed E-state index contributed by atoms with van der Waals surface area (Å²) in [5, 5.41) is 6.64. The number of oxazole rings is 1. The van der Waals surface area contributed by atoms with Crippen LogP contribution in [0.3, 0.4) is 0 Å². The average molecular weight is 349 g/mol. The van der Waals surface area contributed by atoms with Crippen LogP contribution in [0.25, 0.3) is 22.4 Å². The van der Waals surface area contributed by atoms with E-state index in [4.69, 9.17) is 13.7 Å². The molecule has 1 N–H and O–H groups in total. The van der Waals surface area contributed by atoms with Gasteiger partial charge in [0.1, 0.15) is 11.3 Å². The van der Waals surface area contributed by atoms with E-state index in [0.29, 0.717) is 34.2 Å². The summed E-state index contributed by atoms with van der Waals surface area (Å²) in [6, 6.07) is 14.3. The van der Waals surface area contributed by atoms with Gasteiger partial charge in [0.25, 0.3) is 5.91 Å². The van der Waals surface area contributed by atoms with Gasteiger partial charge < -0.3 is 19.0 Å². The first kappa shape index (κ1) is 15.9. The van der Waals surface area contributed by atoms with Crippen LogP contribution in [-0.2, 0) is 0 Å². The Morgan fingerprint density at radius 3 is 2.85 bits per heavy atom. The molecule has 7 heteroatoms. The first-order valence-electron chi connectivity index (χ1n) is 7.92. The summed E-state index contributed by atoms with van der Waals surface area (Å²) in [6.45, 7) is 1.75. The number of hydrogen-bond acceptors (Lipinski definition) is 6. The van der Waals surface area contributed by atoms with Gasteiger partial charge in [-0.15, -0.1) is 0 Å². The van der Waals surface area contributed by atoms with E-state index in [1.807, 2.05) is 24.3 Å². The normalized spacial score (nSPS) is 10.8. The third-order valence-electron chi connectivity index (χ3n) is 3.87. The van der Waals surface area contributed by atoms with Gasteiger partial charge in [-0.25, -0.2) is 4.98 Å². The van der Waals surface area contributed by atoms with Crippen molar-refractivity contribution in [3.63, 3.8) is 0 Å². The summed E-state index contributed by atoms with van der Waals surface area (Å²) < 4.78 is 16.0. The van der Waals surface area contributed by atoms with Crippen LogP contribution in [0.2, 0.25) is 0 Å². The van der Waals surface area contributed by atoms with Crippen molar-refractivity contribution in [3.05, 3.63) is 60.1 Å². The number of carbonyl (C=O) groups excluding carboxylic acids is 1. The van der Waals surface area contributed by atoms with Crippen molar-refractivity contribution in [3.8, 4) is 17.1 Å². The lowest BCUT2D eigenvalue weighted by Crippen LogP contribution is -2.12. The average Bonchev–Trinajstić information content (AvgIpc) is 3.28. The minimum atomic E-state index is -0.399. The smallest absolute Gasteiger partial charge is 0.277 e. The van der Waals surface area contributed by atoms with E-state index in [1.54, 1.807) is 38.3 Å². The number of nitrogens with zero attached hydrogens (tertiary/aromatic N) is 2. The molecule has 0 radical (unpaired) electrons. The molecule has 26 heavy (non-hydrogen) atoms. The van der Waals surface area contributed by atoms with Crippen molar-refractivity contribution in [1.82, 2.24) is 10.1 Å². The topological polar surface area (TPSA) is 90.4 Å². The summed E-state index contributed by atoms with van der Waals surface area (Å²) in [7, 11) is 1.59. The maximum atomic E-state index is 12.5. The number of aryl methyl sites for hydroxylation is 1. The van der Waals surface area contributed by atoms with E-state index in [1.165, 1.54) is 0 Å². The van der Waals surface area contributed by atoms with E-state index < -0.39 is 5.91 Å². The van der Waals surface area contributed by atoms with Crippen LogP contribution < -0.4 is 10.1 Å². The van der Waals surface area contributed by atoms with Crippen molar-refractivity contribution in [1.29, 1.82) is 0 Å². The molecule has 0 unspecified atom stereocenters. The molecule has 0 aliphatic rings. The minimum absolute atomic E-state index is 0.163. The lowest BCUT2D eigenvalue weighted by atomic mass is 10.1. The van der Waals surface area contributed by atoms with Crippen molar-refractivity contribution in [2.45, 2.75) is 6.92 Å². The molecule has 0 aliphatic heterocycles. The predicted octanol–water partition coefficient (Wildman–Crippen LogP) is 4.05. The molecule has 7 nitrogen and oxygen atoms in total. The van der Waals surface area contributed by atoms with E-state index in [9.17, 15) is 4.79 Å². The van der Waals surface area contributed by atoms with Gasteiger partial charge in [-0.05, 0) is 24.3 Å². The minimum Gasteiger partial charge on any atom is -0.497 e. The number of benzene rings is 2. The zero-order chi connectivity index (χ0) is 18.1.